The number of hydrogen-bond acceptors (Lipinski definition) is 6. The monoisotopic (exact) mass is 388 g/mol. The molecule has 9 heteroatoms. The number of H-pyrrole nitrogens is 2. The van der Waals surface area contributed by atoms with Crippen LogP contribution in [-0.4, -0.2) is 42.0 Å². The van der Waals surface area contributed by atoms with Gasteiger partial charge in [0.1, 0.15) is 34.9 Å². The van der Waals surface area contributed by atoms with Crippen molar-refractivity contribution >= 4 is 39.5 Å². The number of hydrogen-bond donors (Lipinski definition) is 4. The summed E-state index contributed by atoms with van der Waals surface area (Å²) >= 11 is 5.73. The molecule has 4 aromatic heterocycles. The van der Waals surface area contributed by atoms with Crippen LogP contribution in [0.2, 0.25) is 5.15 Å². The lowest BCUT2D eigenvalue weighted by atomic mass is 10.3. The van der Waals surface area contributed by atoms with Gasteiger partial charge in [-0.2, -0.15) is 0 Å². The van der Waals surface area contributed by atoms with Crippen LogP contribution in [0.4, 0.5) is 5.82 Å². The predicted octanol–water partition coefficient (Wildman–Crippen LogP) is 3.74. The molecule has 27 heavy (non-hydrogen) atoms. The zero-order valence-electron chi connectivity index (χ0n) is 15.9. The topological polar surface area (TPSA) is 121 Å². The van der Waals surface area contributed by atoms with Crippen LogP contribution in [0.25, 0.3) is 22.1 Å². The molecule has 0 aliphatic carbocycles. The number of nitrogens with zero attached hydrogens (tertiary/aromatic N) is 4. The van der Waals surface area contributed by atoms with Crippen molar-refractivity contribution in [2.75, 3.05) is 5.32 Å². The maximum absolute atomic E-state index is 5.73. The van der Waals surface area contributed by atoms with Crippen LogP contribution < -0.4 is 11.1 Å². The zero-order chi connectivity index (χ0) is 19.8. The van der Waals surface area contributed by atoms with Gasteiger partial charge in [0.05, 0.1) is 10.8 Å². The van der Waals surface area contributed by atoms with Crippen LogP contribution in [-0.2, 0) is 0 Å². The van der Waals surface area contributed by atoms with Crippen molar-refractivity contribution in [1.29, 1.82) is 0 Å². The first-order valence-electron chi connectivity index (χ1n) is 8.62. The summed E-state index contributed by atoms with van der Waals surface area (Å²) in [4.78, 5) is 22.0. The molecule has 0 spiro atoms. The maximum atomic E-state index is 5.73. The van der Waals surface area contributed by atoms with Gasteiger partial charge in [-0.15, -0.1) is 0 Å². The van der Waals surface area contributed by atoms with E-state index in [4.69, 9.17) is 17.3 Å². The molecule has 0 unspecified atom stereocenters. The molecule has 5 N–H and O–H groups in total. The molecule has 0 saturated heterocycles. The number of fused-ring (bicyclic) bond motifs is 2. The summed E-state index contributed by atoms with van der Waals surface area (Å²) in [6.45, 7) is 8.06. The molecule has 4 rings (SSSR count). The Bertz CT molecular complexity index is 957. The maximum Gasteiger partial charge on any atom is 0.142 e. The van der Waals surface area contributed by atoms with Gasteiger partial charge < -0.3 is 21.0 Å². The van der Waals surface area contributed by atoms with E-state index in [-0.39, 0.29) is 0 Å². The Morgan fingerprint density at radius 1 is 0.889 bits per heavy atom. The summed E-state index contributed by atoms with van der Waals surface area (Å²) in [6.07, 6.45) is 6.64. The van der Waals surface area contributed by atoms with Crippen molar-refractivity contribution in [3.8, 4) is 0 Å². The highest BCUT2D eigenvalue weighted by Crippen LogP contribution is 2.18. The lowest BCUT2D eigenvalue weighted by Crippen LogP contribution is -2.11. The molecular weight excluding hydrogens is 364 g/mol. The predicted molar refractivity (Wildman–Crippen MR) is 111 cm³/mol. The molecule has 0 radical (unpaired) electrons. The first-order chi connectivity index (χ1) is 12.9. The summed E-state index contributed by atoms with van der Waals surface area (Å²) in [7, 11) is 0. The fourth-order valence-electron chi connectivity index (χ4n) is 2.10. The second-order valence-electron chi connectivity index (χ2n) is 6.41. The molecule has 144 valence electrons. The van der Waals surface area contributed by atoms with Crippen molar-refractivity contribution in [3.63, 3.8) is 0 Å². The summed E-state index contributed by atoms with van der Waals surface area (Å²) in [5.74, 6) is 0.890. The zero-order valence-corrected chi connectivity index (χ0v) is 16.6. The minimum atomic E-state index is 0.333. The highest BCUT2D eigenvalue weighted by molar-refractivity contribution is 6.33. The quantitative estimate of drug-likeness (QED) is 0.388. The Balaban J connectivity index is 0.000000166. The van der Waals surface area contributed by atoms with E-state index in [9.17, 15) is 0 Å². The number of anilines is 1. The number of halogens is 1. The van der Waals surface area contributed by atoms with Gasteiger partial charge >= 0.3 is 0 Å². The molecule has 0 aliphatic heterocycles. The van der Waals surface area contributed by atoms with Crippen LogP contribution in [0.5, 0.6) is 0 Å². The van der Waals surface area contributed by atoms with Gasteiger partial charge in [0.2, 0.25) is 0 Å². The Morgan fingerprint density at radius 2 is 1.41 bits per heavy atom. The number of nitrogens with two attached hydrogens (primary N) is 1. The van der Waals surface area contributed by atoms with Crippen molar-refractivity contribution < 1.29 is 0 Å². The fourth-order valence-corrected chi connectivity index (χ4v) is 2.30. The number of aromatic nitrogens is 6. The Kier molecular flexibility index (Phi) is 7.51. The van der Waals surface area contributed by atoms with Crippen LogP contribution in [0.15, 0.2) is 37.2 Å². The van der Waals surface area contributed by atoms with Gasteiger partial charge in [0.25, 0.3) is 0 Å². The minimum Gasteiger partial charge on any atom is -0.367 e. The lowest BCUT2D eigenvalue weighted by Gasteiger charge is -2.08. The van der Waals surface area contributed by atoms with E-state index in [0.717, 1.165) is 27.9 Å². The second-order valence-corrected chi connectivity index (χ2v) is 6.77. The van der Waals surface area contributed by atoms with Crippen LogP contribution in [0, 0.1) is 0 Å². The molecule has 0 bridgehead atoms. The second kappa shape index (κ2) is 9.84. The van der Waals surface area contributed by atoms with Crippen molar-refractivity contribution in [3.05, 3.63) is 42.3 Å². The SMILES string of the molecule is CC(C)N.CC(C)Nc1ncnc2[nH]ccc12.Clc1ncnc2[nH]ccc12. The Labute approximate surface area is 163 Å². The van der Waals surface area contributed by atoms with Gasteiger partial charge in [-0.1, -0.05) is 25.4 Å². The number of nitrogens with one attached hydrogen (secondary N) is 3. The third-order valence-corrected chi connectivity index (χ3v) is 3.39. The molecular formula is C18H25ClN8. The van der Waals surface area contributed by atoms with Crippen molar-refractivity contribution in [2.45, 2.75) is 39.8 Å². The molecule has 0 aromatic carbocycles. The van der Waals surface area contributed by atoms with Crippen molar-refractivity contribution in [1.82, 2.24) is 29.9 Å². The van der Waals surface area contributed by atoms with Gasteiger partial charge in [-0.25, -0.2) is 19.9 Å². The first-order valence-corrected chi connectivity index (χ1v) is 9.00. The Hall–Kier alpha value is -2.71. The summed E-state index contributed by atoms with van der Waals surface area (Å²) in [6, 6.07) is 4.53. The highest BCUT2D eigenvalue weighted by Gasteiger charge is 2.04. The van der Waals surface area contributed by atoms with Gasteiger partial charge in [-0.3, -0.25) is 0 Å². The van der Waals surface area contributed by atoms with E-state index in [0.29, 0.717) is 17.2 Å². The average molecular weight is 389 g/mol. The normalized spacial score (nSPS) is 10.5. The summed E-state index contributed by atoms with van der Waals surface area (Å²) in [5, 5.41) is 5.66. The third kappa shape index (κ3) is 6.19. The van der Waals surface area contributed by atoms with E-state index in [1.165, 1.54) is 6.33 Å². The standard InChI is InChI=1S/C9H12N4.C6H4ClN3.C3H9N/c1-6(2)13-9-7-3-4-10-8(7)11-5-12-9;7-5-4-1-2-8-6(4)10-3-9-5;1-3(2)4/h3-6H,1-2H3,(H2,10,11,12,13);1-3H,(H,8,9,10);3H,4H2,1-2H3. The van der Waals surface area contributed by atoms with E-state index < -0.39 is 0 Å². The van der Waals surface area contributed by atoms with Gasteiger partial charge in [0, 0.05) is 18.4 Å². The molecule has 4 aromatic rings. The van der Waals surface area contributed by atoms with Gasteiger partial charge in [-0.05, 0) is 32.0 Å². The largest absolute Gasteiger partial charge is 0.367 e. The fraction of sp³-hybridized carbons (Fsp3) is 0.333. The number of rotatable bonds is 2. The van der Waals surface area contributed by atoms with Crippen molar-refractivity contribution in [2.24, 2.45) is 5.73 Å². The third-order valence-electron chi connectivity index (χ3n) is 3.08. The van der Waals surface area contributed by atoms with E-state index in [2.05, 4.69) is 49.1 Å². The summed E-state index contributed by atoms with van der Waals surface area (Å²) < 4.78 is 0. The van der Waals surface area contributed by atoms with Crippen LogP contribution >= 0.6 is 11.6 Å². The molecule has 0 fully saturated rings. The first kappa shape index (κ1) is 20.6. The minimum absolute atomic E-state index is 0.333. The van der Waals surface area contributed by atoms with Crippen LogP contribution in [0.3, 0.4) is 0 Å². The molecule has 0 saturated carbocycles. The molecule has 0 amide bonds. The van der Waals surface area contributed by atoms with Gasteiger partial charge in [0.15, 0.2) is 0 Å². The summed E-state index contributed by atoms with van der Waals surface area (Å²) in [5.41, 5.74) is 6.76. The Morgan fingerprint density at radius 3 is 1.96 bits per heavy atom. The molecule has 8 nitrogen and oxygen atoms in total. The van der Waals surface area contributed by atoms with E-state index >= 15 is 0 Å². The average Bonchev–Trinajstić information content (AvgIpc) is 3.24. The lowest BCUT2D eigenvalue weighted by molar-refractivity contribution is 0.834. The highest BCUT2D eigenvalue weighted by atomic mass is 35.5. The molecule has 4 heterocycles. The number of aromatic amines is 2. The molecule has 0 atom stereocenters. The smallest absolute Gasteiger partial charge is 0.142 e. The van der Waals surface area contributed by atoms with Crippen LogP contribution in [0.1, 0.15) is 27.7 Å². The molecule has 0 aliphatic rings. The van der Waals surface area contributed by atoms with E-state index in [1.807, 2.05) is 32.2 Å². The van der Waals surface area contributed by atoms with E-state index in [1.54, 1.807) is 12.5 Å².